The lowest BCUT2D eigenvalue weighted by Crippen LogP contribution is -2.53. The zero-order valence-electron chi connectivity index (χ0n) is 21.0. The fourth-order valence-electron chi connectivity index (χ4n) is 4.61. The molecule has 0 spiro atoms. The van der Waals surface area contributed by atoms with Crippen molar-refractivity contribution in [3.63, 3.8) is 0 Å². The average molecular weight is 481 g/mol. The van der Waals surface area contributed by atoms with E-state index in [0.717, 1.165) is 41.9 Å². The second kappa shape index (κ2) is 11.5. The quantitative estimate of drug-likeness (QED) is 0.307. The predicted molar refractivity (Wildman–Crippen MR) is 136 cm³/mol. The molecule has 2 fully saturated rings. The van der Waals surface area contributed by atoms with Crippen molar-refractivity contribution in [1.29, 1.82) is 0 Å². The first kappa shape index (κ1) is 24.9. The van der Waals surface area contributed by atoms with E-state index in [1.165, 1.54) is 19.3 Å². The number of methoxy groups -OCH3 is 2. The summed E-state index contributed by atoms with van der Waals surface area (Å²) in [6.45, 7) is 3.79. The molecule has 35 heavy (non-hydrogen) atoms. The summed E-state index contributed by atoms with van der Waals surface area (Å²) >= 11 is 0. The van der Waals surface area contributed by atoms with Gasteiger partial charge in [0.15, 0.2) is 11.5 Å². The van der Waals surface area contributed by atoms with Crippen molar-refractivity contribution in [1.82, 2.24) is 4.90 Å². The molecule has 2 aromatic rings. The Hall–Kier alpha value is -3.22. The van der Waals surface area contributed by atoms with E-state index in [9.17, 15) is 9.59 Å². The number of ether oxygens (including phenoxy) is 3. The number of amides is 2. The SMILES string of the molecule is COc1cc(CC=O)ccc1CN1C(=O)N(c2ccc(OC)c(OCCCC3CC3)c2)CC[C@@H]1C. The van der Waals surface area contributed by atoms with Gasteiger partial charge in [0.05, 0.1) is 27.4 Å². The number of aldehydes is 1. The Morgan fingerprint density at radius 1 is 1.00 bits per heavy atom. The first-order valence-corrected chi connectivity index (χ1v) is 12.5. The third kappa shape index (κ3) is 6.08. The van der Waals surface area contributed by atoms with Gasteiger partial charge in [-0.15, -0.1) is 0 Å². The Balaban J connectivity index is 1.49. The van der Waals surface area contributed by atoms with Crippen molar-refractivity contribution < 1.29 is 23.8 Å². The molecule has 1 saturated heterocycles. The van der Waals surface area contributed by atoms with Gasteiger partial charge < -0.3 is 23.9 Å². The number of nitrogens with zero attached hydrogens (tertiary/aromatic N) is 2. The van der Waals surface area contributed by atoms with E-state index >= 15 is 0 Å². The Morgan fingerprint density at radius 2 is 1.80 bits per heavy atom. The maximum atomic E-state index is 13.6. The summed E-state index contributed by atoms with van der Waals surface area (Å²) < 4.78 is 17.1. The van der Waals surface area contributed by atoms with Crippen molar-refractivity contribution in [2.24, 2.45) is 5.92 Å². The van der Waals surface area contributed by atoms with Gasteiger partial charge in [0, 0.05) is 36.3 Å². The van der Waals surface area contributed by atoms with Gasteiger partial charge in [0.2, 0.25) is 0 Å². The van der Waals surface area contributed by atoms with Crippen molar-refractivity contribution in [2.45, 2.75) is 58.0 Å². The monoisotopic (exact) mass is 480 g/mol. The van der Waals surface area contributed by atoms with E-state index in [0.29, 0.717) is 43.4 Å². The second-order valence-corrected chi connectivity index (χ2v) is 9.49. The third-order valence-electron chi connectivity index (χ3n) is 6.96. The van der Waals surface area contributed by atoms with Crippen LogP contribution in [0.15, 0.2) is 36.4 Å². The van der Waals surface area contributed by atoms with E-state index < -0.39 is 0 Å². The number of rotatable bonds is 12. The summed E-state index contributed by atoms with van der Waals surface area (Å²) in [6.07, 6.45) is 6.99. The lowest BCUT2D eigenvalue weighted by molar-refractivity contribution is -0.107. The maximum Gasteiger partial charge on any atom is 0.325 e. The lowest BCUT2D eigenvalue weighted by atomic mass is 10.1. The average Bonchev–Trinajstić information content (AvgIpc) is 3.69. The Bertz CT molecular complexity index is 1040. The van der Waals surface area contributed by atoms with Crippen LogP contribution in [0.3, 0.4) is 0 Å². The minimum absolute atomic E-state index is 0.0485. The number of anilines is 1. The molecule has 1 aliphatic carbocycles. The van der Waals surface area contributed by atoms with Crippen LogP contribution in [-0.2, 0) is 17.8 Å². The van der Waals surface area contributed by atoms with Crippen LogP contribution in [0.2, 0.25) is 0 Å². The van der Waals surface area contributed by atoms with Crippen LogP contribution in [0, 0.1) is 5.92 Å². The highest BCUT2D eigenvalue weighted by molar-refractivity contribution is 5.93. The Labute approximate surface area is 207 Å². The van der Waals surface area contributed by atoms with Gasteiger partial charge in [0.1, 0.15) is 12.0 Å². The van der Waals surface area contributed by atoms with Gasteiger partial charge >= 0.3 is 6.03 Å². The highest BCUT2D eigenvalue weighted by Gasteiger charge is 2.32. The Kier molecular flexibility index (Phi) is 8.16. The molecular weight excluding hydrogens is 444 g/mol. The lowest BCUT2D eigenvalue weighted by Gasteiger charge is -2.40. The minimum Gasteiger partial charge on any atom is -0.496 e. The maximum absolute atomic E-state index is 13.6. The summed E-state index contributed by atoms with van der Waals surface area (Å²) in [5.41, 5.74) is 2.61. The van der Waals surface area contributed by atoms with Gasteiger partial charge in [-0.3, -0.25) is 4.90 Å². The number of carbonyl (C=O) groups is 2. The Morgan fingerprint density at radius 3 is 2.51 bits per heavy atom. The summed E-state index contributed by atoms with van der Waals surface area (Å²) in [5, 5.41) is 0. The van der Waals surface area contributed by atoms with Gasteiger partial charge in [-0.1, -0.05) is 25.0 Å². The molecule has 1 aliphatic heterocycles. The van der Waals surface area contributed by atoms with Crippen molar-refractivity contribution in [2.75, 3.05) is 32.3 Å². The van der Waals surface area contributed by atoms with Crippen LogP contribution in [0.1, 0.15) is 50.2 Å². The number of hydrogen-bond acceptors (Lipinski definition) is 5. The van der Waals surface area contributed by atoms with Crippen molar-refractivity contribution >= 4 is 18.0 Å². The molecule has 0 unspecified atom stereocenters. The summed E-state index contributed by atoms with van der Waals surface area (Å²) in [5.74, 6) is 2.92. The molecular formula is C28H36N2O5. The van der Waals surface area contributed by atoms with Crippen LogP contribution in [-0.4, -0.2) is 50.6 Å². The number of benzene rings is 2. The molecule has 0 bridgehead atoms. The zero-order chi connectivity index (χ0) is 24.8. The van der Waals surface area contributed by atoms with E-state index in [-0.39, 0.29) is 12.1 Å². The molecule has 2 aromatic carbocycles. The molecule has 2 aliphatic rings. The van der Waals surface area contributed by atoms with Gasteiger partial charge in [-0.05, 0) is 55.9 Å². The van der Waals surface area contributed by atoms with Crippen LogP contribution in [0.4, 0.5) is 10.5 Å². The molecule has 7 heteroatoms. The molecule has 1 saturated carbocycles. The highest BCUT2D eigenvalue weighted by Crippen LogP contribution is 2.36. The first-order chi connectivity index (χ1) is 17.0. The van der Waals surface area contributed by atoms with Gasteiger partial charge in [-0.25, -0.2) is 4.79 Å². The van der Waals surface area contributed by atoms with Gasteiger partial charge in [-0.2, -0.15) is 0 Å². The normalized spacial score (nSPS) is 17.9. The molecule has 0 aromatic heterocycles. The van der Waals surface area contributed by atoms with Crippen LogP contribution in [0.5, 0.6) is 17.2 Å². The van der Waals surface area contributed by atoms with Crippen molar-refractivity contribution in [3.8, 4) is 17.2 Å². The van der Waals surface area contributed by atoms with E-state index in [1.807, 2.05) is 46.2 Å². The van der Waals surface area contributed by atoms with E-state index in [1.54, 1.807) is 14.2 Å². The molecule has 1 heterocycles. The summed E-state index contributed by atoms with van der Waals surface area (Å²) in [4.78, 5) is 28.2. The van der Waals surface area contributed by atoms with Crippen LogP contribution < -0.4 is 19.1 Å². The summed E-state index contributed by atoms with van der Waals surface area (Å²) in [6, 6.07) is 11.5. The van der Waals surface area contributed by atoms with Crippen LogP contribution in [0.25, 0.3) is 0 Å². The molecule has 1 atom stereocenters. The third-order valence-corrected chi connectivity index (χ3v) is 6.96. The zero-order valence-corrected chi connectivity index (χ0v) is 21.0. The fourth-order valence-corrected chi connectivity index (χ4v) is 4.61. The smallest absolute Gasteiger partial charge is 0.325 e. The standard InChI is InChI=1S/C28H36N2O5/c1-20-12-14-29(24-10-11-25(33-2)27(18-24)35-16-4-5-21-6-7-21)28(32)30(20)19-23-9-8-22(13-15-31)17-26(23)34-3/h8-11,15,17-18,20-21H,4-7,12-14,16,19H2,1-3H3/t20-/m0/s1. The van der Waals surface area contributed by atoms with Crippen molar-refractivity contribution in [3.05, 3.63) is 47.5 Å². The minimum atomic E-state index is -0.0485. The van der Waals surface area contributed by atoms with Gasteiger partial charge in [0.25, 0.3) is 0 Å². The molecule has 7 nitrogen and oxygen atoms in total. The highest BCUT2D eigenvalue weighted by atomic mass is 16.5. The molecule has 4 rings (SSSR count). The van der Waals surface area contributed by atoms with Crippen LogP contribution >= 0.6 is 0 Å². The largest absolute Gasteiger partial charge is 0.496 e. The first-order valence-electron chi connectivity index (χ1n) is 12.5. The summed E-state index contributed by atoms with van der Waals surface area (Å²) in [7, 11) is 3.25. The number of carbonyl (C=O) groups excluding carboxylic acids is 2. The topological polar surface area (TPSA) is 68.3 Å². The molecule has 2 amide bonds. The second-order valence-electron chi connectivity index (χ2n) is 9.49. The number of hydrogen-bond donors (Lipinski definition) is 0. The fraction of sp³-hybridized carbons (Fsp3) is 0.500. The van der Waals surface area contributed by atoms with E-state index in [4.69, 9.17) is 14.2 Å². The predicted octanol–water partition coefficient (Wildman–Crippen LogP) is 5.24. The molecule has 0 radical (unpaired) electrons. The number of urea groups is 1. The van der Waals surface area contributed by atoms with E-state index in [2.05, 4.69) is 6.92 Å². The molecule has 0 N–H and O–H groups in total. The molecule has 188 valence electrons.